The second kappa shape index (κ2) is 32.5. The SMILES string of the molecule is CCCCCCCC/C=C/CCCCCC(=O)OC[C@H](COP(=O)(O)OC1C(O)C(O)C(O)[C@@H](O)C1O)OC(=O)CCCCCCCCCCCCCCC. The first-order chi connectivity index (χ1) is 26.4. The number of phosphoric ester groups is 1. The average molecular weight is 809 g/mol. The number of aliphatic hydroxyl groups is 5. The highest BCUT2D eigenvalue weighted by Crippen LogP contribution is 2.47. The lowest BCUT2D eigenvalue weighted by Gasteiger charge is -2.41. The van der Waals surface area contributed by atoms with Gasteiger partial charge in [0.1, 0.15) is 43.2 Å². The molecule has 0 bridgehead atoms. The number of esters is 2. The van der Waals surface area contributed by atoms with Gasteiger partial charge >= 0.3 is 19.8 Å². The van der Waals surface area contributed by atoms with Gasteiger partial charge in [-0.1, -0.05) is 142 Å². The molecule has 1 aliphatic rings. The molecule has 0 aromatic rings. The summed E-state index contributed by atoms with van der Waals surface area (Å²) in [6.45, 7) is 3.26. The Hall–Kier alpha value is -1.41. The fourth-order valence-corrected chi connectivity index (χ4v) is 7.55. The van der Waals surface area contributed by atoms with Gasteiger partial charge in [0.15, 0.2) is 6.10 Å². The Morgan fingerprint density at radius 2 is 0.927 bits per heavy atom. The molecule has 0 aromatic carbocycles. The van der Waals surface area contributed by atoms with Crippen LogP contribution in [0.5, 0.6) is 0 Å². The molecule has 1 aliphatic carbocycles. The van der Waals surface area contributed by atoms with Crippen molar-refractivity contribution in [3.63, 3.8) is 0 Å². The maximum Gasteiger partial charge on any atom is 0.472 e. The standard InChI is InChI=1S/C41H77O13P/c1-3-5-7-9-11-13-15-17-19-21-23-25-27-29-34(42)51-31-33(32-52-55(49,50)54-41-39(47)37(45)36(44)38(46)40(41)48)53-35(43)30-28-26-24-22-20-18-16-14-12-10-8-6-4-2/h17,19,33,36-41,44-48H,3-16,18,20-32H2,1-2H3,(H,49,50)/b19-17+/t33-,36?,37-,38?,39?,40?,41?/m1/s1. The fraction of sp³-hybridized carbons (Fsp3) is 0.902. The van der Waals surface area contributed by atoms with Gasteiger partial charge in [-0.2, -0.15) is 0 Å². The van der Waals surface area contributed by atoms with E-state index in [1.807, 2.05) is 0 Å². The molecule has 6 N–H and O–H groups in total. The molecule has 0 amide bonds. The van der Waals surface area contributed by atoms with E-state index in [9.17, 15) is 44.6 Å². The first-order valence-electron chi connectivity index (χ1n) is 21.5. The number of allylic oxidation sites excluding steroid dienone is 2. The lowest BCUT2D eigenvalue weighted by atomic mass is 9.85. The van der Waals surface area contributed by atoms with E-state index in [1.165, 1.54) is 89.9 Å². The van der Waals surface area contributed by atoms with Gasteiger partial charge in [-0.15, -0.1) is 0 Å². The van der Waals surface area contributed by atoms with Crippen molar-refractivity contribution in [2.75, 3.05) is 13.2 Å². The van der Waals surface area contributed by atoms with E-state index in [-0.39, 0.29) is 12.8 Å². The van der Waals surface area contributed by atoms with Crippen molar-refractivity contribution in [1.82, 2.24) is 0 Å². The molecule has 1 rings (SSSR count). The maximum absolute atomic E-state index is 12.8. The molecule has 0 heterocycles. The molecule has 6 unspecified atom stereocenters. The van der Waals surface area contributed by atoms with Crippen LogP contribution < -0.4 is 0 Å². The number of ether oxygens (including phenoxy) is 2. The van der Waals surface area contributed by atoms with Gasteiger partial charge in [0, 0.05) is 12.8 Å². The molecule has 0 spiro atoms. The molecule has 8 atom stereocenters. The molecule has 0 aromatic heterocycles. The van der Waals surface area contributed by atoms with Crippen molar-refractivity contribution >= 4 is 19.8 Å². The van der Waals surface area contributed by atoms with E-state index in [4.69, 9.17) is 18.5 Å². The largest absolute Gasteiger partial charge is 0.472 e. The number of unbranched alkanes of at least 4 members (excludes halogenated alkanes) is 21. The Morgan fingerprint density at radius 3 is 1.40 bits per heavy atom. The zero-order chi connectivity index (χ0) is 40.7. The minimum Gasteiger partial charge on any atom is -0.462 e. The molecule has 1 saturated carbocycles. The van der Waals surface area contributed by atoms with Crippen LogP contribution in [0.25, 0.3) is 0 Å². The van der Waals surface area contributed by atoms with Crippen LogP contribution in [0.2, 0.25) is 0 Å². The second-order valence-corrected chi connectivity index (χ2v) is 16.6. The van der Waals surface area contributed by atoms with Gasteiger partial charge in [0.25, 0.3) is 0 Å². The normalized spacial score (nSPS) is 23.1. The monoisotopic (exact) mass is 809 g/mol. The number of phosphoric acid groups is 1. The summed E-state index contributed by atoms with van der Waals surface area (Å²) in [5.41, 5.74) is 0. The van der Waals surface area contributed by atoms with Gasteiger partial charge in [0.2, 0.25) is 0 Å². The Balaban J connectivity index is 2.51. The number of hydrogen-bond donors (Lipinski definition) is 6. The topological polar surface area (TPSA) is 210 Å². The summed E-state index contributed by atoms with van der Waals surface area (Å²) in [5, 5.41) is 50.0. The Kier molecular flexibility index (Phi) is 30.5. The van der Waals surface area contributed by atoms with Crippen LogP contribution in [-0.4, -0.2) is 98.3 Å². The third-order valence-electron chi connectivity index (χ3n) is 10.1. The molecule has 0 radical (unpaired) electrons. The molecule has 55 heavy (non-hydrogen) atoms. The first kappa shape index (κ1) is 51.6. The molecular formula is C41H77O13P. The third kappa shape index (κ3) is 25.5. The summed E-state index contributed by atoms with van der Waals surface area (Å²) >= 11 is 0. The van der Waals surface area contributed by atoms with Crippen LogP contribution in [0.15, 0.2) is 12.2 Å². The third-order valence-corrected chi connectivity index (χ3v) is 11.1. The highest BCUT2D eigenvalue weighted by molar-refractivity contribution is 7.47. The van der Waals surface area contributed by atoms with Crippen LogP contribution in [0.1, 0.15) is 181 Å². The number of carbonyl (C=O) groups excluding carboxylic acids is 2. The van der Waals surface area contributed by atoms with Gasteiger partial charge in [-0.3, -0.25) is 18.6 Å². The van der Waals surface area contributed by atoms with Crippen LogP contribution in [0, 0.1) is 0 Å². The highest BCUT2D eigenvalue weighted by atomic mass is 31.2. The Morgan fingerprint density at radius 1 is 0.545 bits per heavy atom. The smallest absolute Gasteiger partial charge is 0.462 e. The van der Waals surface area contributed by atoms with Gasteiger partial charge < -0.3 is 39.9 Å². The predicted molar refractivity (Wildman–Crippen MR) is 212 cm³/mol. The predicted octanol–water partition coefficient (Wildman–Crippen LogP) is 7.50. The summed E-state index contributed by atoms with van der Waals surface area (Å²) < 4.78 is 33.4. The number of aliphatic hydroxyl groups excluding tert-OH is 5. The first-order valence-corrected chi connectivity index (χ1v) is 23.0. The number of hydrogen-bond acceptors (Lipinski definition) is 12. The highest BCUT2D eigenvalue weighted by Gasteiger charge is 2.51. The molecule has 324 valence electrons. The zero-order valence-corrected chi connectivity index (χ0v) is 34.9. The van der Waals surface area contributed by atoms with Gasteiger partial charge in [0.05, 0.1) is 6.61 Å². The molecular weight excluding hydrogens is 731 g/mol. The zero-order valence-electron chi connectivity index (χ0n) is 34.0. The van der Waals surface area contributed by atoms with E-state index < -0.39 is 75.7 Å². The molecule has 0 aliphatic heterocycles. The van der Waals surface area contributed by atoms with Crippen LogP contribution >= 0.6 is 7.82 Å². The minimum atomic E-state index is -5.11. The van der Waals surface area contributed by atoms with Crippen LogP contribution in [0.3, 0.4) is 0 Å². The summed E-state index contributed by atoms with van der Waals surface area (Å²) in [4.78, 5) is 35.5. The molecule has 13 nitrogen and oxygen atoms in total. The van der Waals surface area contributed by atoms with Crippen LogP contribution in [0.4, 0.5) is 0 Å². The van der Waals surface area contributed by atoms with Crippen molar-refractivity contribution in [3.05, 3.63) is 12.2 Å². The minimum absolute atomic E-state index is 0.0987. The molecule has 1 fully saturated rings. The quantitative estimate of drug-likeness (QED) is 0.0159. The molecule has 0 saturated heterocycles. The van der Waals surface area contributed by atoms with Crippen molar-refractivity contribution in [3.8, 4) is 0 Å². The van der Waals surface area contributed by atoms with Gasteiger partial charge in [-0.25, -0.2) is 4.57 Å². The van der Waals surface area contributed by atoms with E-state index in [0.717, 1.165) is 51.4 Å². The van der Waals surface area contributed by atoms with Crippen molar-refractivity contribution in [1.29, 1.82) is 0 Å². The van der Waals surface area contributed by atoms with E-state index in [0.29, 0.717) is 12.8 Å². The fourth-order valence-electron chi connectivity index (χ4n) is 6.58. The van der Waals surface area contributed by atoms with E-state index in [2.05, 4.69) is 26.0 Å². The summed E-state index contributed by atoms with van der Waals surface area (Å²) in [6.07, 6.45) is 18.5. The van der Waals surface area contributed by atoms with E-state index >= 15 is 0 Å². The van der Waals surface area contributed by atoms with Crippen molar-refractivity contribution in [2.45, 2.75) is 224 Å². The maximum atomic E-state index is 12.8. The average Bonchev–Trinajstić information content (AvgIpc) is 3.16. The lowest BCUT2D eigenvalue weighted by molar-refractivity contribution is -0.220. The van der Waals surface area contributed by atoms with Gasteiger partial charge in [-0.05, 0) is 38.5 Å². The lowest BCUT2D eigenvalue weighted by Crippen LogP contribution is -2.64. The second-order valence-electron chi connectivity index (χ2n) is 15.2. The number of rotatable bonds is 35. The molecule has 14 heteroatoms. The van der Waals surface area contributed by atoms with E-state index in [1.54, 1.807) is 0 Å². The van der Waals surface area contributed by atoms with Crippen molar-refractivity contribution in [2.24, 2.45) is 0 Å². The Labute approximate surface area is 331 Å². The number of carbonyl (C=O) groups is 2. The Bertz CT molecular complexity index is 1030. The summed E-state index contributed by atoms with van der Waals surface area (Å²) in [7, 11) is -5.11. The summed E-state index contributed by atoms with van der Waals surface area (Å²) in [5.74, 6) is -1.11. The summed E-state index contributed by atoms with van der Waals surface area (Å²) in [6, 6.07) is 0. The van der Waals surface area contributed by atoms with Crippen molar-refractivity contribution < 1.29 is 63.1 Å². The van der Waals surface area contributed by atoms with Crippen LogP contribution in [-0.2, 0) is 32.7 Å².